The smallest absolute Gasteiger partial charge is 0.222 e. The van der Waals surface area contributed by atoms with Crippen LogP contribution in [0.2, 0.25) is 0 Å². The maximum Gasteiger partial charge on any atom is 0.222 e. The molecule has 2 rings (SSSR count). The van der Waals surface area contributed by atoms with Crippen molar-refractivity contribution >= 4 is 5.91 Å². The van der Waals surface area contributed by atoms with Crippen LogP contribution in [0.3, 0.4) is 0 Å². The summed E-state index contributed by atoms with van der Waals surface area (Å²) in [5, 5.41) is 2.92. The molecule has 1 amide bonds. The number of hydrogen-bond donors (Lipinski definition) is 1. The average Bonchev–Trinajstić information content (AvgIpc) is 2.75. The summed E-state index contributed by atoms with van der Waals surface area (Å²) in [6, 6.07) is 7.95. The standard InChI is InChI=1S/C15H19N3O/c1-12-3-4-13(2)18(12)10-7-15(19)17-11-14-5-8-16-9-6-14/h3-6,8-9H,7,10-11H2,1-2H3,(H,17,19). The minimum Gasteiger partial charge on any atom is -0.352 e. The van der Waals surface area contributed by atoms with Gasteiger partial charge in [0.25, 0.3) is 0 Å². The summed E-state index contributed by atoms with van der Waals surface area (Å²) in [6.45, 7) is 5.40. The zero-order valence-electron chi connectivity index (χ0n) is 11.4. The zero-order chi connectivity index (χ0) is 13.7. The Labute approximate surface area is 113 Å². The maximum atomic E-state index is 11.8. The van der Waals surface area contributed by atoms with Crippen molar-refractivity contribution in [2.45, 2.75) is 33.4 Å². The number of carbonyl (C=O) groups excluding carboxylic acids is 1. The second kappa shape index (κ2) is 6.18. The number of amides is 1. The maximum absolute atomic E-state index is 11.8. The molecule has 4 nitrogen and oxygen atoms in total. The van der Waals surface area contributed by atoms with Gasteiger partial charge in [-0.25, -0.2) is 0 Å². The third kappa shape index (κ3) is 3.68. The Morgan fingerprint density at radius 3 is 2.42 bits per heavy atom. The molecule has 0 bridgehead atoms. The number of carbonyl (C=O) groups is 1. The Hall–Kier alpha value is -2.10. The molecule has 0 aliphatic rings. The summed E-state index contributed by atoms with van der Waals surface area (Å²) < 4.78 is 2.16. The van der Waals surface area contributed by atoms with Gasteiger partial charge in [-0.15, -0.1) is 0 Å². The fraction of sp³-hybridized carbons (Fsp3) is 0.333. The molecule has 0 unspecified atom stereocenters. The van der Waals surface area contributed by atoms with Crippen LogP contribution in [0.1, 0.15) is 23.4 Å². The van der Waals surface area contributed by atoms with Crippen LogP contribution < -0.4 is 5.32 Å². The quantitative estimate of drug-likeness (QED) is 0.892. The van der Waals surface area contributed by atoms with Gasteiger partial charge in [0.15, 0.2) is 0 Å². The fourth-order valence-electron chi connectivity index (χ4n) is 2.06. The first-order valence-electron chi connectivity index (χ1n) is 6.45. The van der Waals surface area contributed by atoms with E-state index in [0.29, 0.717) is 13.0 Å². The second-order valence-corrected chi connectivity index (χ2v) is 4.65. The van der Waals surface area contributed by atoms with E-state index >= 15 is 0 Å². The lowest BCUT2D eigenvalue weighted by molar-refractivity contribution is -0.121. The van der Waals surface area contributed by atoms with Crippen molar-refractivity contribution < 1.29 is 4.79 Å². The van der Waals surface area contributed by atoms with Gasteiger partial charge in [-0.2, -0.15) is 0 Å². The van der Waals surface area contributed by atoms with Crippen LogP contribution in [-0.2, 0) is 17.9 Å². The third-order valence-corrected chi connectivity index (χ3v) is 3.22. The second-order valence-electron chi connectivity index (χ2n) is 4.65. The summed E-state index contributed by atoms with van der Waals surface area (Å²) >= 11 is 0. The fourth-order valence-corrected chi connectivity index (χ4v) is 2.06. The number of nitrogens with zero attached hydrogens (tertiary/aromatic N) is 2. The number of aromatic nitrogens is 2. The Kier molecular flexibility index (Phi) is 4.34. The lowest BCUT2D eigenvalue weighted by atomic mass is 10.2. The molecule has 0 radical (unpaired) electrons. The lowest BCUT2D eigenvalue weighted by Gasteiger charge is -2.09. The van der Waals surface area contributed by atoms with E-state index in [9.17, 15) is 4.79 Å². The minimum absolute atomic E-state index is 0.0734. The first-order chi connectivity index (χ1) is 9.16. The third-order valence-electron chi connectivity index (χ3n) is 3.22. The molecule has 0 saturated carbocycles. The highest BCUT2D eigenvalue weighted by molar-refractivity contribution is 5.75. The van der Waals surface area contributed by atoms with Gasteiger partial charge in [-0.3, -0.25) is 9.78 Å². The predicted molar refractivity (Wildman–Crippen MR) is 74.6 cm³/mol. The van der Waals surface area contributed by atoms with Gasteiger partial charge in [0.2, 0.25) is 5.91 Å². The molecule has 2 heterocycles. The normalized spacial score (nSPS) is 10.4. The van der Waals surface area contributed by atoms with Gasteiger partial charge in [0, 0.05) is 43.3 Å². The molecule has 4 heteroatoms. The van der Waals surface area contributed by atoms with E-state index < -0.39 is 0 Å². The van der Waals surface area contributed by atoms with Crippen molar-refractivity contribution in [1.29, 1.82) is 0 Å². The molecule has 0 spiro atoms. The number of rotatable bonds is 5. The van der Waals surface area contributed by atoms with Crippen molar-refractivity contribution in [1.82, 2.24) is 14.9 Å². The highest BCUT2D eigenvalue weighted by atomic mass is 16.1. The molecule has 0 aliphatic heterocycles. The average molecular weight is 257 g/mol. The number of hydrogen-bond acceptors (Lipinski definition) is 2. The number of pyridine rings is 1. The molecule has 0 aliphatic carbocycles. The van der Waals surface area contributed by atoms with Gasteiger partial charge in [0.1, 0.15) is 0 Å². The number of nitrogens with one attached hydrogen (secondary N) is 1. The molecule has 1 N–H and O–H groups in total. The summed E-state index contributed by atoms with van der Waals surface area (Å²) in [6.07, 6.45) is 3.96. The Morgan fingerprint density at radius 1 is 1.16 bits per heavy atom. The van der Waals surface area contributed by atoms with E-state index in [4.69, 9.17) is 0 Å². The lowest BCUT2D eigenvalue weighted by Crippen LogP contribution is -2.24. The summed E-state index contributed by atoms with van der Waals surface area (Å²) in [7, 11) is 0. The SMILES string of the molecule is Cc1ccc(C)n1CCC(=O)NCc1ccncc1. The van der Waals surface area contributed by atoms with Crippen LogP contribution in [-0.4, -0.2) is 15.5 Å². The van der Waals surface area contributed by atoms with Gasteiger partial charge >= 0.3 is 0 Å². The topological polar surface area (TPSA) is 46.9 Å². The Morgan fingerprint density at radius 2 is 1.79 bits per heavy atom. The van der Waals surface area contributed by atoms with E-state index in [1.54, 1.807) is 12.4 Å². The molecular formula is C15H19N3O. The highest BCUT2D eigenvalue weighted by Crippen LogP contribution is 2.07. The van der Waals surface area contributed by atoms with Gasteiger partial charge in [0.05, 0.1) is 0 Å². The summed E-state index contributed by atoms with van der Waals surface area (Å²) in [5.41, 5.74) is 3.45. The molecule has 0 saturated heterocycles. The first kappa shape index (κ1) is 13.3. The summed E-state index contributed by atoms with van der Waals surface area (Å²) in [5.74, 6) is 0.0734. The van der Waals surface area contributed by atoms with Crippen LogP contribution in [0.5, 0.6) is 0 Å². The Bertz CT molecular complexity index is 526. The molecule has 100 valence electrons. The highest BCUT2D eigenvalue weighted by Gasteiger charge is 2.05. The van der Waals surface area contributed by atoms with Crippen LogP contribution >= 0.6 is 0 Å². The van der Waals surface area contributed by atoms with Crippen molar-refractivity contribution in [3.8, 4) is 0 Å². The molecular weight excluding hydrogens is 238 g/mol. The predicted octanol–water partition coefficient (Wildman–Crippen LogP) is 2.21. The molecule has 19 heavy (non-hydrogen) atoms. The Balaban J connectivity index is 1.79. The van der Waals surface area contributed by atoms with Crippen molar-refractivity contribution in [3.05, 3.63) is 53.6 Å². The molecule has 2 aromatic heterocycles. The first-order valence-corrected chi connectivity index (χ1v) is 6.45. The van der Waals surface area contributed by atoms with E-state index in [1.807, 2.05) is 12.1 Å². The van der Waals surface area contributed by atoms with Crippen LogP contribution in [0.4, 0.5) is 0 Å². The van der Waals surface area contributed by atoms with E-state index in [2.05, 4.69) is 40.8 Å². The van der Waals surface area contributed by atoms with Gasteiger partial charge in [-0.05, 0) is 43.7 Å². The monoisotopic (exact) mass is 257 g/mol. The minimum atomic E-state index is 0.0734. The zero-order valence-corrected chi connectivity index (χ0v) is 11.4. The van der Waals surface area contributed by atoms with Crippen LogP contribution in [0.15, 0.2) is 36.7 Å². The van der Waals surface area contributed by atoms with E-state index in [-0.39, 0.29) is 5.91 Å². The summed E-state index contributed by atoms with van der Waals surface area (Å²) in [4.78, 5) is 15.7. The van der Waals surface area contributed by atoms with Crippen molar-refractivity contribution in [3.63, 3.8) is 0 Å². The molecule has 0 fully saturated rings. The largest absolute Gasteiger partial charge is 0.352 e. The van der Waals surface area contributed by atoms with Crippen LogP contribution in [0.25, 0.3) is 0 Å². The van der Waals surface area contributed by atoms with Crippen molar-refractivity contribution in [2.75, 3.05) is 0 Å². The molecule has 2 aromatic rings. The van der Waals surface area contributed by atoms with E-state index in [1.165, 1.54) is 11.4 Å². The van der Waals surface area contributed by atoms with Gasteiger partial charge < -0.3 is 9.88 Å². The van der Waals surface area contributed by atoms with Gasteiger partial charge in [-0.1, -0.05) is 0 Å². The van der Waals surface area contributed by atoms with E-state index in [0.717, 1.165) is 12.1 Å². The number of aryl methyl sites for hydroxylation is 2. The van der Waals surface area contributed by atoms with Crippen molar-refractivity contribution in [2.24, 2.45) is 0 Å². The van der Waals surface area contributed by atoms with Crippen LogP contribution in [0, 0.1) is 13.8 Å². The molecule has 0 atom stereocenters. The molecule has 0 aromatic carbocycles.